The van der Waals surface area contributed by atoms with Crippen LogP contribution in [0, 0.1) is 5.82 Å². The fourth-order valence-electron chi connectivity index (χ4n) is 3.49. The maximum atomic E-state index is 13.2. The second-order valence-corrected chi connectivity index (χ2v) is 6.55. The van der Waals surface area contributed by atoms with Crippen molar-refractivity contribution in [2.45, 2.75) is 31.1 Å². The molecular weight excluding hydrogens is 317 g/mol. The highest BCUT2D eigenvalue weighted by molar-refractivity contribution is 5.92. The molecule has 3 N–H and O–H groups in total. The van der Waals surface area contributed by atoms with Crippen molar-refractivity contribution in [2.24, 2.45) is 10.7 Å². The van der Waals surface area contributed by atoms with Gasteiger partial charge in [-0.15, -0.1) is 0 Å². The summed E-state index contributed by atoms with van der Waals surface area (Å²) in [6, 6.07) is 14.3. The number of benzene rings is 2. The van der Waals surface area contributed by atoms with E-state index in [0.29, 0.717) is 12.5 Å². The molecule has 1 aliphatic carbocycles. The summed E-state index contributed by atoms with van der Waals surface area (Å²) < 4.78 is 18.4. The molecule has 0 bridgehead atoms. The van der Waals surface area contributed by atoms with Crippen LogP contribution in [0.25, 0.3) is 0 Å². The van der Waals surface area contributed by atoms with Gasteiger partial charge in [0.05, 0.1) is 13.7 Å². The molecule has 1 saturated carbocycles. The van der Waals surface area contributed by atoms with E-state index >= 15 is 0 Å². The van der Waals surface area contributed by atoms with Gasteiger partial charge in [0, 0.05) is 11.1 Å². The van der Waals surface area contributed by atoms with E-state index in [1.54, 1.807) is 7.11 Å². The molecule has 0 aliphatic heterocycles. The Morgan fingerprint density at radius 2 is 1.76 bits per heavy atom. The Kier molecular flexibility index (Phi) is 5.22. The van der Waals surface area contributed by atoms with E-state index in [4.69, 9.17) is 10.5 Å². The minimum Gasteiger partial charge on any atom is -0.497 e. The minimum absolute atomic E-state index is 0.0418. The molecule has 0 unspecified atom stereocenters. The van der Waals surface area contributed by atoms with Gasteiger partial charge in [-0.05, 0) is 54.8 Å². The third-order valence-electron chi connectivity index (χ3n) is 4.93. The van der Waals surface area contributed by atoms with Crippen molar-refractivity contribution in [1.29, 1.82) is 0 Å². The molecule has 1 aliphatic rings. The molecule has 2 aromatic carbocycles. The topological polar surface area (TPSA) is 59.6 Å². The first kappa shape index (κ1) is 17.3. The summed E-state index contributed by atoms with van der Waals surface area (Å²) in [4.78, 5) is 4.57. The van der Waals surface area contributed by atoms with Crippen molar-refractivity contribution >= 4 is 11.6 Å². The molecule has 0 spiro atoms. The van der Waals surface area contributed by atoms with Crippen LogP contribution in [-0.4, -0.2) is 19.6 Å². The van der Waals surface area contributed by atoms with E-state index < -0.39 is 0 Å². The number of hydrogen-bond donors (Lipinski definition) is 2. The molecular formula is C20H24FN3O. The summed E-state index contributed by atoms with van der Waals surface area (Å²) in [6.07, 6.45) is 4.44. The van der Waals surface area contributed by atoms with E-state index in [0.717, 1.165) is 29.8 Å². The van der Waals surface area contributed by atoms with Crippen molar-refractivity contribution in [2.75, 3.05) is 19.0 Å². The Morgan fingerprint density at radius 3 is 2.36 bits per heavy atom. The first-order valence-electron chi connectivity index (χ1n) is 8.58. The number of methoxy groups -OCH3 is 1. The number of nitrogens with zero attached hydrogens (tertiary/aromatic N) is 1. The molecule has 3 rings (SSSR count). The Balaban J connectivity index is 1.71. The van der Waals surface area contributed by atoms with Crippen molar-refractivity contribution < 1.29 is 9.13 Å². The van der Waals surface area contributed by atoms with Crippen molar-refractivity contribution in [3.05, 3.63) is 59.9 Å². The van der Waals surface area contributed by atoms with Gasteiger partial charge in [0.15, 0.2) is 5.96 Å². The number of hydrogen-bond acceptors (Lipinski definition) is 2. The summed E-state index contributed by atoms with van der Waals surface area (Å²) in [6.45, 7) is 0.605. The van der Waals surface area contributed by atoms with Gasteiger partial charge in [0.2, 0.25) is 0 Å². The first-order valence-corrected chi connectivity index (χ1v) is 8.58. The lowest BCUT2D eigenvalue weighted by molar-refractivity contribution is 0.415. The third kappa shape index (κ3) is 4.10. The van der Waals surface area contributed by atoms with Crippen LogP contribution in [0.3, 0.4) is 0 Å². The molecule has 5 heteroatoms. The third-order valence-corrected chi connectivity index (χ3v) is 4.93. The average molecular weight is 341 g/mol. The Hall–Kier alpha value is -2.56. The zero-order valence-corrected chi connectivity index (χ0v) is 14.5. The number of anilines is 1. The maximum Gasteiger partial charge on any atom is 0.193 e. The number of rotatable bonds is 5. The van der Waals surface area contributed by atoms with Crippen LogP contribution in [-0.2, 0) is 5.41 Å². The lowest BCUT2D eigenvalue weighted by atomic mass is 9.79. The van der Waals surface area contributed by atoms with Crippen LogP contribution < -0.4 is 15.8 Å². The second kappa shape index (κ2) is 7.55. The summed E-state index contributed by atoms with van der Waals surface area (Å²) in [7, 11) is 1.63. The molecule has 0 saturated heterocycles. The largest absolute Gasteiger partial charge is 0.497 e. The standard InChI is InChI=1S/C20H24FN3O/c1-25-18-10-8-17(9-11-18)24-19(22)23-14-20(12-2-3-13-20)15-4-6-16(21)7-5-15/h4-11H,2-3,12-14H2,1H3,(H3,22,23,24). The van der Waals surface area contributed by atoms with E-state index in [1.165, 1.54) is 25.0 Å². The van der Waals surface area contributed by atoms with Crippen LogP contribution in [0.1, 0.15) is 31.2 Å². The molecule has 0 heterocycles. The van der Waals surface area contributed by atoms with Crippen LogP contribution in [0.2, 0.25) is 0 Å². The van der Waals surface area contributed by atoms with Crippen molar-refractivity contribution in [3.8, 4) is 5.75 Å². The monoisotopic (exact) mass is 341 g/mol. The van der Waals surface area contributed by atoms with Gasteiger partial charge in [-0.3, -0.25) is 4.99 Å². The highest BCUT2D eigenvalue weighted by Crippen LogP contribution is 2.41. The minimum atomic E-state index is -0.207. The van der Waals surface area contributed by atoms with Gasteiger partial charge in [0.25, 0.3) is 0 Å². The van der Waals surface area contributed by atoms with E-state index in [9.17, 15) is 4.39 Å². The summed E-state index contributed by atoms with van der Waals surface area (Å²) in [5.41, 5.74) is 8.03. The predicted octanol–water partition coefficient (Wildman–Crippen LogP) is 4.07. The van der Waals surface area contributed by atoms with Crippen LogP contribution in [0.5, 0.6) is 5.75 Å². The van der Waals surface area contributed by atoms with Crippen LogP contribution in [0.15, 0.2) is 53.5 Å². The second-order valence-electron chi connectivity index (χ2n) is 6.55. The first-order chi connectivity index (χ1) is 12.1. The number of ether oxygens (including phenoxy) is 1. The fraction of sp³-hybridized carbons (Fsp3) is 0.350. The molecule has 1 fully saturated rings. The maximum absolute atomic E-state index is 13.2. The molecule has 0 atom stereocenters. The van der Waals surface area contributed by atoms with Crippen molar-refractivity contribution in [3.63, 3.8) is 0 Å². The van der Waals surface area contributed by atoms with E-state index in [-0.39, 0.29) is 11.2 Å². The smallest absolute Gasteiger partial charge is 0.193 e. The van der Waals surface area contributed by atoms with Crippen LogP contribution >= 0.6 is 0 Å². The van der Waals surface area contributed by atoms with Gasteiger partial charge < -0.3 is 15.8 Å². The summed E-state index contributed by atoms with van der Waals surface area (Å²) >= 11 is 0. The Morgan fingerprint density at radius 1 is 1.12 bits per heavy atom. The molecule has 0 amide bonds. The molecule has 25 heavy (non-hydrogen) atoms. The van der Waals surface area contributed by atoms with Crippen LogP contribution in [0.4, 0.5) is 10.1 Å². The SMILES string of the molecule is COc1ccc(NC(N)=NCC2(c3ccc(F)cc3)CCCC2)cc1. The van der Waals surface area contributed by atoms with Crippen molar-refractivity contribution in [1.82, 2.24) is 0 Å². The number of halogens is 1. The molecule has 4 nitrogen and oxygen atoms in total. The quantitative estimate of drug-likeness (QED) is 0.636. The van der Waals surface area contributed by atoms with E-state index in [2.05, 4.69) is 10.3 Å². The molecule has 0 radical (unpaired) electrons. The summed E-state index contributed by atoms with van der Waals surface area (Å²) in [5.74, 6) is 0.974. The Labute approximate surface area is 147 Å². The molecule has 0 aromatic heterocycles. The lowest BCUT2D eigenvalue weighted by Gasteiger charge is -2.28. The average Bonchev–Trinajstić information content (AvgIpc) is 3.11. The number of guanidine groups is 1. The zero-order valence-electron chi connectivity index (χ0n) is 14.5. The van der Waals surface area contributed by atoms with Gasteiger partial charge in [-0.25, -0.2) is 4.39 Å². The predicted molar refractivity (Wildman–Crippen MR) is 99.7 cm³/mol. The fourth-order valence-corrected chi connectivity index (χ4v) is 3.49. The number of aliphatic imine (C=N–C) groups is 1. The Bertz CT molecular complexity index is 720. The highest BCUT2D eigenvalue weighted by Gasteiger charge is 2.35. The van der Waals surface area contributed by atoms with Gasteiger partial charge >= 0.3 is 0 Å². The summed E-state index contributed by atoms with van der Waals surface area (Å²) in [5, 5.41) is 3.11. The van der Waals surface area contributed by atoms with E-state index in [1.807, 2.05) is 36.4 Å². The number of nitrogens with two attached hydrogens (primary N) is 1. The normalized spacial score (nSPS) is 16.6. The van der Waals surface area contributed by atoms with Gasteiger partial charge in [-0.2, -0.15) is 0 Å². The van der Waals surface area contributed by atoms with Gasteiger partial charge in [0.1, 0.15) is 11.6 Å². The zero-order chi connectivity index (χ0) is 17.7. The lowest BCUT2D eigenvalue weighted by Crippen LogP contribution is -2.30. The highest BCUT2D eigenvalue weighted by atomic mass is 19.1. The van der Waals surface area contributed by atoms with Gasteiger partial charge in [-0.1, -0.05) is 25.0 Å². The molecule has 132 valence electrons. The number of nitrogens with one attached hydrogen (secondary N) is 1. The molecule has 2 aromatic rings.